The lowest BCUT2D eigenvalue weighted by Crippen LogP contribution is -1.88. The number of hydrogen-bond donors (Lipinski definition) is 1. The molecule has 0 radical (unpaired) electrons. The molecule has 3 aromatic rings. The SMILES string of the molecule is Nc1csc2ncc(-c3cc(F)ccc3F)cc12. The molecule has 2 nitrogen and oxygen atoms in total. The van der Waals surface area contributed by atoms with Gasteiger partial charge in [-0.15, -0.1) is 11.3 Å². The van der Waals surface area contributed by atoms with Crippen molar-refractivity contribution in [3.05, 3.63) is 47.5 Å². The fourth-order valence-corrected chi connectivity index (χ4v) is 2.58. The molecule has 2 heterocycles. The lowest BCUT2D eigenvalue weighted by Gasteiger charge is -2.03. The molecule has 0 aliphatic carbocycles. The van der Waals surface area contributed by atoms with Gasteiger partial charge in [-0.2, -0.15) is 0 Å². The first-order valence-electron chi connectivity index (χ1n) is 5.23. The Morgan fingerprint density at radius 3 is 2.83 bits per heavy atom. The number of fused-ring (bicyclic) bond motifs is 1. The molecular weight excluding hydrogens is 254 g/mol. The van der Waals surface area contributed by atoms with Crippen LogP contribution in [-0.4, -0.2) is 4.98 Å². The zero-order chi connectivity index (χ0) is 12.7. The molecule has 0 unspecified atom stereocenters. The van der Waals surface area contributed by atoms with Gasteiger partial charge in [0.05, 0.1) is 5.69 Å². The van der Waals surface area contributed by atoms with Crippen LogP contribution in [0.1, 0.15) is 0 Å². The minimum absolute atomic E-state index is 0.190. The highest BCUT2D eigenvalue weighted by Crippen LogP contribution is 2.31. The zero-order valence-electron chi connectivity index (χ0n) is 9.15. The minimum atomic E-state index is -0.482. The Bertz CT molecular complexity index is 737. The Balaban J connectivity index is 2.24. The van der Waals surface area contributed by atoms with Crippen LogP contribution in [-0.2, 0) is 0 Å². The largest absolute Gasteiger partial charge is 0.398 e. The molecule has 3 rings (SSSR count). The molecule has 0 amide bonds. The number of rotatable bonds is 1. The van der Waals surface area contributed by atoms with Crippen molar-refractivity contribution in [2.24, 2.45) is 0 Å². The van der Waals surface area contributed by atoms with E-state index in [0.29, 0.717) is 11.3 Å². The second-order valence-corrected chi connectivity index (χ2v) is 4.75. The summed E-state index contributed by atoms with van der Waals surface area (Å²) in [6.07, 6.45) is 1.52. The van der Waals surface area contributed by atoms with Crippen LogP contribution in [0, 0.1) is 11.6 Å². The number of hydrogen-bond acceptors (Lipinski definition) is 3. The number of aromatic nitrogens is 1. The van der Waals surface area contributed by atoms with Crippen molar-refractivity contribution in [2.45, 2.75) is 0 Å². The summed E-state index contributed by atoms with van der Waals surface area (Å²) in [5, 5.41) is 2.55. The number of nitrogen functional groups attached to an aromatic ring is 1. The third-order valence-electron chi connectivity index (χ3n) is 2.70. The van der Waals surface area contributed by atoms with Crippen LogP contribution in [0.5, 0.6) is 0 Å². The second kappa shape index (κ2) is 4.03. The Morgan fingerprint density at radius 2 is 2.00 bits per heavy atom. The molecule has 0 bridgehead atoms. The maximum Gasteiger partial charge on any atom is 0.131 e. The van der Waals surface area contributed by atoms with Crippen molar-refractivity contribution in [1.29, 1.82) is 0 Å². The predicted octanol–water partition coefficient (Wildman–Crippen LogP) is 3.82. The maximum absolute atomic E-state index is 13.7. The molecular formula is C13H8F2N2S. The molecule has 2 N–H and O–H groups in total. The highest BCUT2D eigenvalue weighted by Gasteiger charge is 2.09. The van der Waals surface area contributed by atoms with E-state index in [9.17, 15) is 8.78 Å². The molecule has 0 aliphatic rings. The van der Waals surface area contributed by atoms with Gasteiger partial charge in [-0.1, -0.05) is 0 Å². The zero-order valence-corrected chi connectivity index (χ0v) is 9.97. The number of nitrogens with two attached hydrogens (primary N) is 1. The predicted molar refractivity (Wildman–Crippen MR) is 69.4 cm³/mol. The number of thiophene rings is 1. The number of pyridine rings is 1. The maximum atomic E-state index is 13.7. The quantitative estimate of drug-likeness (QED) is 0.724. The standard InChI is InChI=1S/C13H8F2N2S/c14-8-1-2-11(15)9(4-8)7-3-10-12(16)6-18-13(10)17-5-7/h1-6H,16H2. The van der Waals surface area contributed by atoms with Crippen molar-refractivity contribution >= 4 is 27.2 Å². The van der Waals surface area contributed by atoms with Crippen LogP contribution in [0.4, 0.5) is 14.5 Å². The van der Waals surface area contributed by atoms with Crippen LogP contribution in [0.3, 0.4) is 0 Å². The van der Waals surface area contributed by atoms with Crippen LogP contribution < -0.4 is 5.73 Å². The van der Waals surface area contributed by atoms with Crippen LogP contribution in [0.25, 0.3) is 21.3 Å². The summed E-state index contributed by atoms with van der Waals surface area (Å²) in [7, 11) is 0. The number of nitrogens with zero attached hydrogens (tertiary/aromatic N) is 1. The first kappa shape index (κ1) is 11.1. The van der Waals surface area contributed by atoms with E-state index in [-0.39, 0.29) is 5.56 Å². The van der Waals surface area contributed by atoms with Gasteiger partial charge in [-0.25, -0.2) is 13.8 Å². The smallest absolute Gasteiger partial charge is 0.131 e. The Labute approximate surface area is 106 Å². The van der Waals surface area contributed by atoms with Gasteiger partial charge in [0.2, 0.25) is 0 Å². The average molecular weight is 262 g/mol. The summed E-state index contributed by atoms with van der Waals surface area (Å²) in [4.78, 5) is 4.98. The summed E-state index contributed by atoms with van der Waals surface area (Å²) in [6, 6.07) is 5.07. The monoisotopic (exact) mass is 262 g/mol. The van der Waals surface area contributed by atoms with Gasteiger partial charge < -0.3 is 5.73 Å². The first-order valence-corrected chi connectivity index (χ1v) is 6.11. The van der Waals surface area contributed by atoms with E-state index in [1.54, 1.807) is 11.4 Å². The summed E-state index contributed by atoms with van der Waals surface area (Å²) >= 11 is 1.42. The van der Waals surface area contributed by atoms with Gasteiger partial charge >= 0.3 is 0 Å². The molecule has 0 fully saturated rings. The van der Waals surface area contributed by atoms with Gasteiger partial charge in [0.1, 0.15) is 16.5 Å². The normalized spacial score (nSPS) is 11.0. The number of anilines is 1. The minimum Gasteiger partial charge on any atom is -0.398 e. The van der Waals surface area contributed by atoms with Crippen LogP contribution in [0.15, 0.2) is 35.8 Å². The van der Waals surface area contributed by atoms with Crippen molar-refractivity contribution < 1.29 is 8.78 Å². The van der Waals surface area contributed by atoms with Crippen molar-refractivity contribution in [1.82, 2.24) is 4.98 Å². The van der Waals surface area contributed by atoms with Crippen LogP contribution in [0.2, 0.25) is 0 Å². The van der Waals surface area contributed by atoms with Gasteiger partial charge in [0.15, 0.2) is 0 Å². The van der Waals surface area contributed by atoms with E-state index in [1.807, 2.05) is 0 Å². The molecule has 0 aliphatic heterocycles. The first-order chi connectivity index (χ1) is 8.65. The topological polar surface area (TPSA) is 38.9 Å². The molecule has 2 aromatic heterocycles. The Hall–Kier alpha value is -2.01. The summed E-state index contributed by atoms with van der Waals surface area (Å²) in [6.45, 7) is 0. The lowest BCUT2D eigenvalue weighted by atomic mass is 10.1. The molecule has 0 saturated heterocycles. The Morgan fingerprint density at radius 1 is 1.17 bits per heavy atom. The van der Waals surface area contributed by atoms with Gasteiger partial charge in [0, 0.05) is 28.1 Å². The highest BCUT2D eigenvalue weighted by atomic mass is 32.1. The van der Waals surface area contributed by atoms with E-state index >= 15 is 0 Å². The van der Waals surface area contributed by atoms with E-state index in [0.717, 1.165) is 28.4 Å². The Kier molecular flexibility index (Phi) is 2.48. The lowest BCUT2D eigenvalue weighted by molar-refractivity contribution is 0.603. The van der Waals surface area contributed by atoms with E-state index in [4.69, 9.17) is 5.73 Å². The molecule has 18 heavy (non-hydrogen) atoms. The molecule has 1 aromatic carbocycles. The van der Waals surface area contributed by atoms with E-state index in [1.165, 1.54) is 17.5 Å². The molecule has 90 valence electrons. The fraction of sp³-hybridized carbons (Fsp3) is 0. The third kappa shape index (κ3) is 1.73. The second-order valence-electron chi connectivity index (χ2n) is 3.89. The molecule has 0 saturated carbocycles. The van der Waals surface area contributed by atoms with Crippen molar-refractivity contribution in [3.63, 3.8) is 0 Å². The van der Waals surface area contributed by atoms with Gasteiger partial charge in [-0.05, 0) is 24.3 Å². The number of benzene rings is 1. The summed E-state index contributed by atoms with van der Waals surface area (Å²) in [5.41, 5.74) is 7.10. The van der Waals surface area contributed by atoms with Crippen LogP contribution >= 0.6 is 11.3 Å². The highest BCUT2D eigenvalue weighted by molar-refractivity contribution is 7.17. The van der Waals surface area contributed by atoms with Gasteiger partial charge in [0.25, 0.3) is 0 Å². The molecule has 5 heteroatoms. The summed E-state index contributed by atoms with van der Waals surface area (Å²) < 4.78 is 26.8. The fourth-order valence-electron chi connectivity index (χ4n) is 1.80. The third-order valence-corrected chi connectivity index (χ3v) is 3.62. The average Bonchev–Trinajstić information content (AvgIpc) is 2.74. The summed E-state index contributed by atoms with van der Waals surface area (Å²) in [5.74, 6) is -0.962. The molecule has 0 atom stereocenters. The van der Waals surface area contributed by atoms with Crippen molar-refractivity contribution in [3.8, 4) is 11.1 Å². The molecule has 0 spiro atoms. The van der Waals surface area contributed by atoms with Crippen molar-refractivity contribution in [2.75, 3.05) is 5.73 Å². The van der Waals surface area contributed by atoms with E-state index in [2.05, 4.69) is 4.98 Å². The van der Waals surface area contributed by atoms with Gasteiger partial charge in [-0.3, -0.25) is 0 Å². The van der Waals surface area contributed by atoms with E-state index < -0.39 is 11.6 Å². The number of halogens is 2.